The minimum absolute atomic E-state index is 0.0154. The number of ether oxygens (including phenoxy) is 1. The molecule has 4 rings (SSSR count). The molecule has 1 aliphatic carbocycles. The molecule has 1 unspecified atom stereocenters. The summed E-state index contributed by atoms with van der Waals surface area (Å²) in [6.07, 6.45) is 3.58. The number of aliphatic carboxylic acids is 1. The molecular formula is C28H34N2O5. The summed E-state index contributed by atoms with van der Waals surface area (Å²) in [5, 5.41) is 12.2. The molecule has 2 aromatic rings. The molecule has 7 nitrogen and oxygen atoms in total. The van der Waals surface area contributed by atoms with Crippen LogP contribution in [-0.2, 0) is 14.3 Å². The van der Waals surface area contributed by atoms with Crippen molar-refractivity contribution in [2.45, 2.75) is 51.4 Å². The average molecular weight is 479 g/mol. The predicted molar refractivity (Wildman–Crippen MR) is 133 cm³/mol. The molecule has 0 saturated carbocycles. The van der Waals surface area contributed by atoms with Crippen molar-refractivity contribution in [3.63, 3.8) is 0 Å². The third-order valence-electron chi connectivity index (χ3n) is 7.25. The van der Waals surface area contributed by atoms with E-state index in [0.717, 1.165) is 19.3 Å². The summed E-state index contributed by atoms with van der Waals surface area (Å²) in [4.78, 5) is 37.9. The Morgan fingerprint density at radius 2 is 1.69 bits per heavy atom. The smallest absolute Gasteiger partial charge is 0.407 e. The number of fused-ring (bicyclic) bond motifs is 3. The van der Waals surface area contributed by atoms with E-state index in [2.05, 4.69) is 29.6 Å². The maximum Gasteiger partial charge on any atom is 0.407 e. The van der Waals surface area contributed by atoms with Crippen LogP contribution in [0, 0.1) is 5.41 Å². The highest BCUT2D eigenvalue weighted by atomic mass is 16.5. The number of carbonyl (C=O) groups excluding carboxylic acids is 2. The van der Waals surface area contributed by atoms with Gasteiger partial charge < -0.3 is 20.1 Å². The number of amides is 2. The van der Waals surface area contributed by atoms with Gasteiger partial charge in [0.1, 0.15) is 6.61 Å². The van der Waals surface area contributed by atoms with Gasteiger partial charge in [0.15, 0.2) is 0 Å². The van der Waals surface area contributed by atoms with Crippen molar-refractivity contribution in [3.05, 3.63) is 59.7 Å². The fourth-order valence-electron chi connectivity index (χ4n) is 5.20. The van der Waals surface area contributed by atoms with Crippen LogP contribution in [0.5, 0.6) is 0 Å². The van der Waals surface area contributed by atoms with Crippen LogP contribution in [-0.4, -0.2) is 54.2 Å². The normalized spacial score (nSPS) is 19.1. The molecule has 2 aliphatic rings. The van der Waals surface area contributed by atoms with Crippen molar-refractivity contribution in [1.82, 2.24) is 10.2 Å². The van der Waals surface area contributed by atoms with Crippen molar-refractivity contribution >= 4 is 18.0 Å². The van der Waals surface area contributed by atoms with Crippen molar-refractivity contribution in [2.75, 3.05) is 26.2 Å². The Labute approximate surface area is 206 Å². The Kier molecular flexibility index (Phi) is 7.73. The number of hydrogen-bond acceptors (Lipinski definition) is 4. The highest BCUT2D eigenvalue weighted by Gasteiger charge is 2.39. The van der Waals surface area contributed by atoms with E-state index in [0.29, 0.717) is 39.0 Å². The number of piperidine rings is 1. The molecule has 35 heavy (non-hydrogen) atoms. The lowest BCUT2D eigenvalue weighted by molar-refractivity contribution is -0.153. The summed E-state index contributed by atoms with van der Waals surface area (Å²) in [6.45, 7) is 3.41. The summed E-state index contributed by atoms with van der Waals surface area (Å²) in [5.74, 6) is -0.784. The van der Waals surface area contributed by atoms with Gasteiger partial charge in [-0.25, -0.2) is 4.79 Å². The van der Waals surface area contributed by atoms with Gasteiger partial charge >= 0.3 is 12.1 Å². The van der Waals surface area contributed by atoms with Crippen LogP contribution < -0.4 is 5.32 Å². The van der Waals surface area contributed by atoms with Gasteiger partial charge in [-0.15, -0.1) is 0 Å². The summed E-state index contributed by atoms with van der Waals surface area (Å²) in [5.41, 5.74) is 3.92. The van der Waals surface area contributed by atoms with Crippen LogP contribution in [0.15, 0.2) is 48.5 Å². The topological polar surface area (TPSA) is 95.9 Å². The van der Waals surface area contributed by atoms with E-state index in [1.807, 2.05) is 24.3 Å². The Morgan fingerprint density at radius 1 is 1.03 bits per heavy atom. The van der Waals surface area contributed by atoms with Crippen LogP contribution in [0.3, 0.4) is 0 Å². The van der Waals surface area contributed by atoms with E-state index in [-0.39, 0.29) is 18.4 Å². The fourth-order valence-corrected chi connectivity index (χ4v) is 5.20. The Morgan fingerprint density at radius 3 is 2.34 bits per heavy atom. The summed E-state index contributed by atoms with van der Waals surface area (Å²) in [6, 6.07) is 16.5. The van der Waals surface area contributed by atoms with Gasteiger partial charge in [-0.05, 0) is 54.9 Å². The number of hydrogen-bond donors (Lipinski definition) is 2. The molecule has 2 aromatic carbocycles. The van der Waals surface area contributed by atoms with Gasteiger partial charge in [0.25, 0.3) is 0 Å². The third kappa shape index (κ3) is 5.66. The van der Waals surface area contributed by atoms with E-state index < -0.39 is 17.5 Å². The number of rotatable bonds is 9. The summed E-state index contributed by atoms with van der Waals surface area (Å²) >= 11 is 0. The number of benzene rings is 2. The Bertz CT molecular complexity index is 1040. The first kappa shape index (κ1) is 24.8. The van der Waals surface area contributed by atoms with Gasteiger partial charge in [0.05, 0.1) is 5.41 Å². The number of unbranched alkanes of at least 4 members (excludes halogenated alkanes) is 2. The van der Waals surface area contributed by atoms with Crippen LogP contribution in [0.1, 0.15) is 62.5 Å². The van der Waals surface area contributed by atoms with Crippen LogP contribution in [0.25, 0.3) is 11.1 Å². The average Bonchev–Trinajstić information content (AvgIpc) is 3.18. The van der Waals surface area contributed by atoms with E-state index in [9.17, 15) is 19.5 Å². The lowest BCUT2D eigenvalue weighted by Crippen LogP contribution is -2.48. The Hall–Kier alpha value is -3.35. The molecule has 2 N–H and O–H groups in total. The quantitative estimate of drug-likeness (QED) is 0.505. The van der Waals surface area contributed by atoms with Crippen molar-refractivity contribution in [3.8, 4) is 11.1 Å². The van der Waals surface area contributed by atoms with Gasteiger partial charge in [0, 0.05) is 32.0 Å². The predicted octanol–water partition coefficient (Wildman–Crippen LogP) is 4.80. The zero-order valence-electron chi connectivity index (χ0n) is 20.3. The first-order valence-corrected chi connectivity index (χ1v) is 12.5. The van der Waals surface area contributed by atoms with Crippen LogP contribution >= 0.6 is 0 Å². The van der Waals surface area contributed by atoms with Crippen LogP contribution in [0.2, 0.25) is 0 Å². The third-order valence-corrected chi connectivity index (χ3v) is 7.25. The number of nitrogens with one attached hydrogen (secondary N) is 1. The lowest BCUT2D eigenvalue weighted by atomic mass is 9.82. The second-order valence-electron chi connectivity index (χ2n) is 9.85. The summed E-state index contributed by atoms with van der Waals surface area (Å²) in [7, 11) is 0. The molecule has 1 atom stereocenters. The minimum atomic E-state index is -0.846. The summed E-state index contributed by atoms with van der Waals surface area (Å²) < 4.78 is 5.54. The number of alkyl carbamates (subject to hydrolysis) is 1. The van der Waals surface area contributed by atoms with E-state index >= 15 is 0 Å². The highest BCUT2D eigenvalue weighted by molar-refractivity contribution is 5.80. The lowest BCUT2D eigenvalue weighted by Gasteiger charge is -2.37. The number of likely N-dealkylation sites (tertiary alicyclic amines) is 1. The second-order valence-corrected chi connectivity index (χ2v) is 9.85. The first-order valence-electron chi connectivity index (χ1n) is 12.5. The first-order chi connectivity index (χ1) is 16.9. The van der Waals surface area contributed by atoms with Crippen LogP contribution in [0.4, 0.5) is 4.79 Å². The molecule has 1 aliphatic heterocycles. The molecule has 7 heteroatoms. The van der Waals surface area contributed by atoms with E-state index in [1.165, 1.54) is 22.3 Å². The molecule has 0 aromatic heterocycles. The van der Waals surface area contributed by atoms with Gasteiger partial charge in [-0.3, -0.25) is 9.59 Å². The minimum Gasteiger partial charge on any atom is -0.481 e. The number of nitrogens with zero attached hydrogens (tertiary/aromatic N) is 1. The van der Waals surface area contributed by atoms with E-state index in [1.54, 1.807) is 11.8 Å². The SMILES string of the molecule is CC1(C(=O)O)CCCN(C(=O)CCCCCNC(=O)OCC2c3ccccc3-c3ccccc32)C1. The fraction of sp³-hybridized carbons (Fsp3) is 0.464. The van der Waals surface area contributed by atoms with E-state index in [4.69, 9.17) is 4.74 Å². The van der Waals surface area contributed by atoms with Gasteiger partial charge in [-0.2, -0.15) is 0 Å². The zero-order valence-corrected chi connectivity index (χ0v) is 20.3. The maximum absolute atomic E-state index is 12.5. The van der Waals surface area contributed by atoms with Gasteiger partial charge in [0.2, 0.25) is 5.91 Å². The Balaban J connectivity index is 1.14. The molecule has 0 spiro atoms. The molecule has 1 heterocycles. The highest BCUT2D eigenvalue weighted by Crippen LogP contribution is 2.44. The number of carboxylic acid groups (broad SMARTS) is 1. The molecule has 0 radical (unpaired) electrons. The monoisotopic (exact) mass is 478 g/mol. The number of carbonyl (C=O) groups is 3. The number of carboxylic acids is 1. The molecule has 1 saturated heterocycles. The largest absolute Gasteiger partial charge is 0.481 e. The standard InChI is InChI=1S/C28H34N2O5/c1-28(26(32)33)15-9-17-30(19-28)25(31)14-3-2-8-16-29-27(34)35-18-24-22-12-6-4-10-20(22)21-11-5-7-13-23(21)24/h4-7,10-13,24H,2-3,8-9,14-19H2,1H3,(H,29,34)(H,32,33). The molecule has 186 valence electrons. The molecular weight excluding hydrogens is 444 g/mol. The molecule has 2 amide bonds. The zero-order chi connectivity index (χ0) is 24.8. The van der Waals surface area contributed by atoms with Crippen molar-refractivity contribution in [2.24, 2.45) is 5.41 Å². The van der Waals surface area contributed by atoms with Crippen molar-refractivity contribution in [1.29, 1.82) is 0 Å². The van der Waals surface area contributed by atoms with Crippen molar-refractivity contribution < 1.29 is 24.2 Å². The van der Waals surface area contributed by atoms with Gasteiger partial charge in [-0.1, -0.05) is 55.0 Å². The molecule has 1 fully saturated rings. The maximum atomic E-state index is 12.5. The molecule has 0 bridgehead atoms. The second kappa shape index (κ2) is 10.9.